The summed E-state index contributed by atoms with van der Waals surface area (Å²) in [5.41, 5.74) is 2.11. The van der Waals surface area contributed by atoms with E-state index in [1.54, 1.807) is 42.5 Å². The van der Waals surface area contributed by atoms with Gasteiger partial charge in [-0.05, 0) is 50.1 Å². The molecule has 2 atom stereocenters. The average Bonchev–Trinajstić information content (AvgIpc) is 2.94. The van der Waals surface area contributed by atoms with Crippen molar-refractivity contribution < 1.29 is 14.4 Å². The van der Waals surface area contributed by atoms with Gasteiger partial charge in [-0.2, -0.15) is 0 Å². The number of imide groups is 1. The van der Waals surface area contributed by atoms with Gasteiger partial charge in [-0.25, -0.2) is 4.90 Å². The normalized spacial score (nSPS) is 21.1. The van der Waals surface area contributed by atoms with Crippen molar-refractivity contribution in [1.82, 2.24) is 0 Å². The van der Waals surface area contributed by atoms with E-state index in [9.17, 15) is 14.4 Å². The van der Waals surface area contributed by atoms with E-state index in [1.807, 2.05) is 13.0 Å². The standard InChI is InChI=1S/C22H18Cl2N2O3/c1-12-6-8-14-16(10-12)22(29)26(21(14)28)19-5-3-2-4-15(19)20(27)25-13-7-9-17(23)18(24)11-13/h2-7,9,11,14,16H,8,10H2,1H3,(H,25,27)/t14-,16-/m1/s1. The molecule has 0 aromatic heterocycles. The summed E-state index contributed by atoms with van der Waals surface area (Å²) in [6.45, 7) is 1.97. The highest BCUT2D eigenvalue weighted by molar-refractivity contribution is 6.42. The zero-order valence-electron chi connectivity index (χ0n) is 15.6. The first-order chi connectivity index (χ1) is 13.9. The SMILES string of the molecule is CC1=CC[C@H]2C(=O)N(c3ccccc3C(=O)Nc3ccc(Cl)c(Cl)c3)C(=O)[C@@H]2C1. The summed E-state index contributed by atoms with van der Waals surface area (Å²) in [4.78, 5) is 40.1. The highest BCUT2D eigenvalue weighted by atomic mass is 35.5. The Morgan fingerprint density at radius 1 is 1.03 bits per heavy atom. The molecule has 4 rings (SSSR count). The molecule has 5 nitrogen and oxygen atoms in total. The van der Waals surface area contributed by atoms with Crippen LogP contribution in [0.4, 0.5) is 11.4 Å². The molecule has 2 aliphatic rings. The largest absolute Gasteiger partial charge is 0.322 e. The summed E-state index contributed by atoms with van der Waals surface area (Å²) in [7, 11) is 0. The number of hydrogen-bond acceptors (Lipinski definition) is 3. The maximum atomic E-state index is 13.0. The molecule has 3 amide bonds. The van der Waals surface area contributed by atoms with Gasteiger partial charge in [-0.15, -0.1) is 0 Å². The topological polar surface area (TPSA) is 66.5 Å². The number of nitrogens with zero attached hydrogens (tertiary/aromatic N) is 1. The Morgan fingerprint density at radius 2 is 1.76 bits per heavy atom. The molecule has 1 heterocycles. The molecule has 29 heavy (non-hydrogen) atoms. The molecule has 1 N–H and O–H groups in total. The highest BCUT2D eigenvalue weighted by Gasteiger charge is 2.49. The van der Waals surface area contributed by atoms with Crippen molar-refractivity contribution in [2.75, 3.05) is 10.2 Å². The van der Waals surface area contributed by atoms with Crippen molar-refractivity contribution in [2.45, 2.75) is 19.8 Å². The molecular weight excluding hydrogens is 411 g/mol. The van der Waals surface area contributed by atoms with E-state index < -0.39 is 5.91 Å². The lowest BCUT2D eigenvalue weighted by molar-refractivity contribution is -0.122. The Kier molecular flexibility index (Phi) is 5.19. The first-order valence-corrected chi connectivity index (χ1v) is 10.0. The smallest absolute Gasteiger partial charge is 0.257 e. The minimum absolute atomic E-state index is 0.239. The second-order valence-electron chi connectivity index (χ2n) is 7.32. The Balaban J connectivity index is 1.65. The molecule has 1 aliphatic heterocycles. The molecule has 2 aromatic carbocycles. The summed E-state index contributed by atoms with van der Waals surface area (Å²) in [5.74, 6) is -1.67. The molecule has 2 aromatic rings. The number of hydrogen-bond donors (Lipinski definition) is 1. The van der Waals surface area contributed by atoms with Gasteiger partial charge in [0.05, 0.1) is 33.1 Å². The van der Waals surface area contributed by atoms with Gasteiger partial charge in [0.1, 0.15) is 0 Å². The third kappa shape index (κ3) is 3.56. The molecule has 7 heteroatoms. The van der Waals surface area contributed by atoms with Gasteiger partial charge in [-0.1, -0.05) is 47.0 Å². The predicted octanol–water partition coefficient (Wildman–Crippen LogP) is 5.09. The Bertz CT molecular complexity index is 1060. The third-order valence-corrected chi connectivity index (χ3v) is 6.13. The first-order valence-electron chi connectivity index (χ1n) is 9.25. The average molecular weight is 429 g/mol. The molecule has 1 fully saturated rings. The van der Waals surface area contributed by atoms with Gasteiger partial charge < -0.3 is 5.32 Å². The number of benzene rings is 2. The number of para-hydroxylation sites is 1. The fraction of sp³-hybridized carbons (Fsp3) is 0.227. The van der Waals surface area contributed by atoms with Crippen LogP contribution in [0.15, 0.2) is 54.1 Å². The fourth-order valence-corrected chi connectivity index (χ4v) is 4.21. The molecule has 1 saturated heterocycles. The van der Waals surface area contributed by atoms with Crippen LogP contribution in [-0.4, -0.2) is 17.7 Å². The first kappa shape index (κ1) is 19.7. The zero-order valence-corrected chi connectivity index (χ0v) is 17.1. The van der Waals surface area contributed by atoms with E-state index in [1.165, 1.54) is 4.90 Å². The summed E-state index contributed by atoms with van der Waals surface area (Å²) in [6, 6.07) is 11.4. The number of carbonyl (C=O) groups excluding carboxylic acids is 3. The van der Waals surface area contributed by atoms with Crippen molar-refractivity contribution in [3.05, 3.63) is 69.7 Å². The van der Waals surface area contributed by atoms with E-state index in [-0.39, 0.29) is 29.2 Å². The van der Waals surface area contributed by atoms with E-state index in [0.29, 0.717) is 34.3 Å². The maximum Gasteiger partial charge on any atom is 0.257 e. The Labute approximate surface area is 178 Å². The van der Waals surface area contributed by atoms with Crippen LogP contribution in [-0.2, 0) is 9.59 Å². The lowest BCUT2D eigenvalue weighted by Crippen LogP contribution is -2.33. The minimum Gasteiger partial charge on any atom is -0.322 e. The zero-order chi connectivity index (χ0) is 20.7. The van der Waals surface area contributed by atoms with E-state index in [2.05, 4.69) is 5.32 Å². The second-order valence-corrected chi connectivity index (χ2v) is 8.13. The molecule has 148 valence electrons. The number of nitrogens with one attached hydrogen (secondary N) is 1. The Morgan fingerprint density at radius 3 is 2.52 bits per heavy atom. The number of halogens is 2. The van der Waals surface area contributed by atoms with Gasteiger partial charge in [0.2, 0.25) is 11.8 Å². The molecular formula is C22H18Cl2N2O3. The van der Waals surface area contributed by atoms with Crippen LogP contribution in [0, 0.1) is 11.8 Å². The van der Waals surface area contributed by atoms with E-state index >= 15 is 0 Å². The van der Waals surface area contributed by atoms with Crippen LogP contribution in [0.1, 0.15) is 30.1 Å². The molecule has 1 aliphatic carbocycles. The lowest BCUT2D eigenvalue weighted by Gasteiger charge is -2.19. The molecule has 0 unspecified atom stereocenters. The van der Waals surface area contributed by atoms with Crippen molar-refractivity contribution in [1.29, 1.82) is 0 Å². The fourth-order valence-electron chi connectivity index (χ4n) is 3.91. The molecule has 0 saturated carbocycles. The highest BCUT2D eigenvalue weighted by Crippen LogP contribution is 2.40. The third-order valence-electron chi connectivity index (χ3n) is 5.39. The number of anilines is 2. The quantitative estimate of drug-likeness (QED) is 0.546. The number of fused-ring (bicyclic) bond motifs is 1. The maximum absolute atomic E-state index is 13.0. The van der Waals surface area contributed by atoms with Crippen molar-refractivity contribution >= 4 is 52.3 Å². The number of amides is 3. The van der Waals surface area contributed by atoms with Crippen LogP contribution in [0.5, 0.6) is 0 Å². The second kappa shape index (κ2) is 7.65. The van der Waals surface area contributed by atoms with Gasteiger partial charge in [0.15, 0.2) is 0 Å². The summed E-state index contributed by atoms with van der Waals surface area (Å²) < 4.78 is 0. The number of allylic oxidation sites excluding steroid dienone is 2. The van der Waals surface area contributed by atoms with Crippen molar-refractivity contribution in [3.63, 3.8) is 0 Å². The molecule has 0 spiro atoms. The van der Waals surface area contributed by atoms with Crippen molar-refractivity contribution in [3.8, 4) is 0 Å². The van der Waals surface area contributed by atoms with Crippen LogP contribution >= 0.6 is 23.2 Å². The van der Waals surface area contributed by atoms with Crippen molar-refractivity contribution in [2.24, 2.45) is 11.8 Å². The van der Waals surface area contributed by atoms with Crippen LogP contribution in [0.25, 0.3) is 0 Å². The minimum atomic E-state index is -0.441. The van der Waals surface area contributed by atoms with Crippen LogP contribution in [0.3, 0.4) is 0 Å². The monoisotopic (exact) mass is 428 g/mol. The van der Waals surface area contributed by atoms with Gasteiger partial charge in [-0.3, -0.25) is 14.4 Å². The summed E-state index contributed by atoms with van der Waals surface area (Å²) in [5, 5.41) is 3.44. The van der Waals surface area contributed by atoms with E-state index in [4.69, 9.17) is 23.2 Å². The number of carbonyl (C=O) groups is 3. The Hall–Kier alpha value is -2.63. The van der Waals surface area contributed by atoms with Gasteiger partial charge in [0, 0.05) is 5.69 Å². The van der Waals surface area contributed by atoms with Gasteiger partial charge in [0.25, 0.3) is 5.91 Å². The molecule has 0 radical (unpaired) electrons. The lowest BCUT2D eigenvalue weighted by atomic mass is 9.82. The predicted molar refractivity (Wildman–Crippen MR) is 113 cm³/mol. The number of rotatable bonds is 3. The summed E-state index contributed by atoms with van der Waals surface area (Å²) in [6.07, 6.45) is 3.14. The van der Waals surface area contributed by atoms with Crippen LogP contribution < -0.4 is 10.2 Å². The molecule has 0 bridgehead atoms. The van der Waals surface area contributed by atoms with Crippen LogP contribution in [0.2, 0.25) is 10.0 Å². The van der Waals surface area contributed by atoms with E-state index in [0.717, 1.165) is 5.57 Å². The summed E-state index contributed by atoms with van der Waals surface area (Å²) >= 11 is 11.9. The van der Waals surface area contributed by atoms with Gasteiger partial charge >= 0.3 is 0 Å².